The van der Waals surface area contributed by atoms with E-state index in [0.29, 0.717) is 0 Å². The van der Waals surface area contributed by atoms with Gasteiger partial charge in [0.1, 0.15) is 5.02 Å². The third-order valence-electron chi connectivity index (χ3n) is 1.52. The van der Waals surface area contributed by atoms with E-state index < -0.39 is 26.9 Å². The van der Waals surface area contributed by atoms with Crippen LogP contribution < -0.4 is 5.73 Å². The van der Waals surface area contributed by atoms with Gasteiger partial charge in [-0.1, -0.05) is 11.6 Å². The second-order valence-electron chi connectivity index (χ2n) is 2.34. The van der Waals surface area contributed by atoms with Crippen LogP contribution >= 0.6 is 11.6 Å². The SMILES string of the molecule is Nc1c([N+](=O)[O-])ccc(Cl)c1[N+](=O)[O-]. The number of nitro benzene ring substituents is 2. The summed E-state index contributed by atoms with van der Waals surface area (Å²) in [6.45, 7) is 0. The highest BCUT2D eigenvalue weighted by Gasteiger charge is 2.25. The van der Waals surface area contributed by atoms with E-state index in [4.69, 9.17) is 17.3 Å². The lowest BCUT2D eigenvalue weighted by atomic mass is 10.2. The van der Waals surface area contributed by atoms with Crippen molar-refractivity contribution in [3.05, 3.63) is 37.4 Å². The molecule has 1 rings (SSSR count). The summed E-state index contributed by atoms with van der Waals surface area (Å²) in [6.07, 6.45) is 0. The van der Waals surface area contributed by atoms with Gasteiger partial charge in [-0.25, -0.2) is 0 Å². The predicted molar refractivity (Wildman–Crippen MR) is 49.2 cm³/mol. The van der Waals surface area contributed by atoms with Gasteiger partial charge in [-0.2, -0.15) is 0 Å². The van der Waals surface area contributed by atoms with Crippen molar-refractivity contribution in [1.29, 1.82) is 0 Å². The number of hydrogen-bond donors (Lipinski definition) is 1. The van der Waals surface area contributed by atoms with E-state index in [2.05, 4.69) is 0 Å². The van der Waals surface area contributed by atoms with Crippen LogP contribution in [-0.2, 0) is 0 Å². The molecule has 0 aliphatic carbocycles. The van der Waals surface area contributed by atoms with Gasteiger partial charge in [0.05, 0.1) is 9.85 Å². The van der Waals surface area contributed by atoms with Gasteiger partial charge in [-0.3, -0.25) is 20.2 Å². The molecule has 0 heterocycles. The number of nitro groups is 2. The van der Waals surface area contributed by atoms with E-state index in [-0.39, 0.29) is 5.02 Å². The molecule has 0 aliphatic heterocycles. The summed E-state index contributed by atoms with van der Waals surface area (Å²) >= 11 is 5.46. The van der Waals surface area contributed by atoms with Crippen LogP contribution in [0.1, 0.15) is 0 Å². The van der Waals surface area contributed by atoms with E-state index in [9.17, 15) is 20.2 Å². The molecule has 0 radical (unpaired) electrons. The second kappa shape index (κ2) is 3.46. The first-order valence-corrected chi connectivity index (χ1v) is 3.69. The molecule has 2 N–H and O–H groups in total. The first kappa shape index (κ1) is 10.2. The second-order valence-corrected chi connectivity index (χ2v) is 2.75. The van der Waals surface area contributed by atoms with Crippen LogP contribution in [0.2, 0.25) is 5.02 Å². The van der Waals surface area contributed by atoms with Crippen LogP contribution in [0.4, 0.5) is 17.1 Å². The van der Waals surface area contributed by atoms with Crippen LogP contribution in [0.25, 0.3) is 0 Å². The number of nitrogens with zero attached hydrogens (tertiary/aromatic N) is 2. The van der Waals surface area contributed by atoms with Crippen LogP contribution in [0.3, 0.4) is 0 Å². The molecule has 8 heteroatoms. The Bertz CT molecular complexity index is 420. The summed E-state index contributed by atoms with van der Waals surface area (Å²) < 4.78 is 0. The average Bonchev–Trinajstić information content (AvgIpc) is 2.02. The van der Waals surface area contributed by atoms with E-state index >= 15 is 0 Å². The first-order chi connectivity index (χ1) is 6.45. The highest BCUT2D eigenvalue weighted by Crippen LogP contribution is 2.36. The zero-order chi connectivity index (χ0) is 10.9. The molecular formula is C6H4ClN3O4. The molecule has 7 nitrogen and oxygen atoms in total. The molecule has 0 bridgehead atoms. The van der Waals surface area contributed by atoms with Gasteiger partial charge in [0.25, 0.3) is 5.69 Å². The summed E-state index contributed by atoms with van der Waals surface area (Å²) in [6, 6.07) is 2.08. The van der Waals surface area contributed by atoms with Crippen LogP contribution in [0.5, 0.6) is 0 Å². The van der Waals surface area contributed by atoms with Gasteiger partial charge in [0.15, 0.2) is 5.69 Å². The summed E-state index contributed by atoms with van der Waals surface area (Å²) in [7, 11) is 0. The van der Waals surface area contributed by atoms with E-state index in [1.165, 1.54) is 0 Å². The molecule has 0 spiro atoms. The molecule has 14 heavy (non-hydrogen) atoms. The van der Waals surface area contributed by atoms with Gasteiger partial charge in [-0.15, -0.1) is 0 Å². The van der Waals surface area contributed by atoms with Gasteiger partial charge >= 0.3 is 5.69 Å². The lowest BCUT2D eigenvalue weighted by Crippen LogP contribution is -2.01. The highest BCUT2D eigenvalue weighted by molar-refractivity contribution is 6.33. The third-order valence-corrected chi connectivity index (χ3v) is 1.83. The fourth-order valence-corrected chi connectivity index (χ4v) is 1.15. The third kappa shape index (κ3) is 1.57. The minimum absolute atomic E-state index is 0.224. The number of anilines is 1. The first-order valence-electron chi connectivity index (χ1n) is 3.32. The van der Waals surface area contributed by atoms with E-state index in [0.717, 1.165) is 12.1 Å². The zero-order valence-corrected chi connectivity index (χ0v) is 7.39. The van der Waals surface area contributed by atoms with Crippen LogP contribution in [-0.4, -0.2) is 9.85 Å². The molecule has 0 unspecified atom stereocenters. The fraction of sp³-hybridized carbons (Fsp3) is 0. The minimum Gasteiger partial charge on any atom is -0.387 e. The van der Waals surface area contributed by atoms with Crippen molar-refractivity contribution in [3.8, 4) is 0 Å². The van der Waals surface area contributed by atoms with Gasteiger partial charge in [-0.05, 0) is 6.07 Å². The van der Waals surface area contributed by atoms with Crippen molar-refractivity contribution in [2.24, 2.45) is 0 Å². The summed E-state index contributed by atoms with van der Waals surface area (Å²) in [5.41, 5.74) is 3.52. The highest BCUT2D eigenvalue weighted by atomic mass is 35.5. The summed E-state index contributed by atoms with van der Waals surface area (Å²) in [5, 5.41) is 20.6. The van der Waals surface area contributed by atoms with E-state index in [1.807, 2.05) is 0 Å². The molecule has 1 aromatic carbocycles. The van der Waals surface area contributed by atoms with Crippen molar-refractivity contribution < 1.29 is 9.85 Å². The van der Waals surface area contributed by atoms with Crippen LogP contribution in [0, 0.1) is 20.2 Å². The topological polar surface area (TPSA) is 112 Å². The van der Waals surface area contributed by atoms with Crippen molar-refractivity contribution in [2.45, 2.75) is 0 Å². The van der Waals surface area contributed by atoms with Gasteiger partial charge in [0.2, 0.25) is 0 Å². The van der Waals surface area contributed by atoms with Crippen molar-refractivity contribution in [3.63, 3.8) is 0 Å². The number of benzene rings is 1. The fourth-order valence-electron chi connectivity index (χ4n) is 0.916. The molecule has 0 aromatic heterocycles. The number of halogens is 1. The zero-order valence-electron chi connectivity index (χ0n) is 6.64. The van der Waals surface area contributed by atoms with Crippen molar-refractivity contribution in [2.75, 3.05) is 5.73 Å². The molecule has 0 amide bonds. The Balaban J connectivity index is 3.49. The smallest absolute Gasteiger partial charge is 0.317 e. The Kier molecular flexibility index (Phi) is 2.52. The molecule has 0 aliphatic rings. The summed E-state index contributed by atoms with van der Waals surface area (Å²) in [5.74, 6) is 0. The van der Waals surface area contributed by atoms with Crippen molar-refractivity contribution >= 4 is 28.7 Å². The maximum atomic E-state index is 10.4. The Labute approximate surface area is 82.4 Å². The predicted octanol–water partition coefficient (Wildman–Crippen LogP) is 1.74. The average molecular weight is 218 g/mol. The van der Waals surface area contributed by atoms with Gasteiger partial charge < -0.3 is 5.73 Å². The lowest BCUT2D eigenvalue weighted by Gasteiger charge is -1.99. The maximum absolute atomic E-state index is 10.4. The van der Waals surface area contributed by atoms with E-state index in [1.54, 1.807) is 0 Å². The standard InChI is InChI=1S/C6H4ClN3O4/c7-3-1-2-4(9(11)12)5(8)6(3)10(13)14/h1-2H,8H2. The number of rotatable bonds is 2. The molecule has 0 saturated carbocycles. The Morgan fingerprint density at radius 2 is 1.79 bits per heavy atom. The van der Waals surface area contributed by atoms with Crippen LogP contribution in [0.15, 0.2) is 12.1 Å². The van der Waals surface area contributed by atoms with Crippen molar-refractivity contribution in [1.82, 2.24) is 0 Å². The Morgan fingerprint density at radius 1 is 1.21 bits per heavy atom. The number of hydrogen-bond acceptors (Lipinski definition) is 5. The molecule has 0 fully saturated rings. The summed E-state index contributed by atoms with van der Waals surface area (Å²) in [4.78, 5) is 19.1. The maximum Gasteiger partial charge on any atom is 0.317 e. The lowest BCUT2D eigenvalue weighted by molar-refractivity contribution is -0.392. The molecule has 74 valence electrons. The number of nitrogen functional groups attached to an aromatic ring is 1. The molecule has 0 atom stereocenters. The quantitative estimate of drug-likeness (QED) is 0.460. The monoisotopic (exact) mass is 217 g/mol. The normalized spacial score (nSPS) is 9.79. The minimum atomic E-state index is -0.856. The molecule has 0 saturated heterocycles. The Hall–Kier alpha value is -1.89. The Morgan fingerprint density at radius 3 is 2.21 bits per heavy atom. The van der Waals surface area contributed by atoms with Gasteiger partial charge in [0, 0.05) is 6.07 Å². The largest absolute Gasteiger partial charge is 0.387 e. The molecule has 1 aromatic rings. The molecular weight excluding hydrogens is 214 g/mol. The number of nitrogens with two attached hydrogens (primary N) is 1.